The average molecular weight is 373 g/mol. The SMILES string of the molecule is C[C@H](OC(=O)CNS(=O)(=O)c1ccc(F)cc1)C(=O)N1CCNC1=O. The number of halogens is 1. The Morgan fingerprint density at radius 3 is 2.56 bits per heavy atom. The number of sulfonamides is 1. The second kappa shape index (κ2) is 7.57. The second-order valence-electron chi connectivity index (χ2n) is 5.13. The number of hydrogen-bond acceptors (Lipinski definition) is 6. The van der Waals surface area contributed by atoms with Gasteiger partial charge in [-0.05, 0) is 31.2 Å². The molecule has 9 nitrogen and oxygen atoms in total. The Kier molecular flexibility index (Phi) is 5.69. The fourth-order valence-corrected chi connectivity index (χ4v) is 3.01. The highest BCUT2D eigenvalue weighted by Crippen LogP contribution is 2.09. The third-order valence-electron chi connectivity index (χ3n) is 3.31. The van der Waals surface area contributed by atoms with Gasteiger partial charge in [0.1, 0.15) is 12.4 Å². The summed E-state index contributed by atoms with van der Waals surface area (Å²) >= 11 is 0. The first-order valence-corrected chi connectivity index (χ1v) is 8.73. The van der Waals surface area contributed by atoms with Gasteiger partial charge < -0.3 is 10.1 Å². The van der Waals surface area contributed by atoms with E-state index in [4.69, 9.17) is 4.74 Å². The standard InChI is InChI=1S/C14H16FN3O6S/c1-9(13(20)18-7-6-16-14(18)21)24-12(19)8-17-25(22,23)11-4-2-10(15)3-5-11/h2-5,9,17H,6-8H2,1H3,(H,16,21)/t9-/m0/s1. The first kappa shape index (κ1) is 18.8. The van der Waals surface area contributed by atoms with E-state index in [9.17, 15) is 27.2 Å². The Morgan fingerprint density at radius 2 is 2.00 bits per heavy atom. The zero-order valence-electron chi connectivity index (χ0n) is 13.2. The van der Waals surface area contributed by atoms with Crippen molar-refractivity contribution in [2.24, 2.45) is 0 Å². The third-order valence-corrected chi connectivity index (χ3v) is 4.73. The highest BCUT2D eigenvalue weighted by atomic mass is 32.2. The van der Waals surface area contributed by atoms with Crippen molar-refractivity contribution in [2.75, 3.05) is 19.6 Å². The predicted molar refractivity (Wildman–Crippen MR) is 82.3 cm³/mol. The number of nitrogens with zero attached hydrogens (tertiary/aromatic N) is 1. The zero-order chi connectivity index (χ0) is 18.6. The number of ether oxygens (including phenoxy) is 1. The highest BCUT2D eigenvalue weighted by Gasteiger charge is 2.31. The van der Waals surface area contributed by atoms with Gasteiger partial charge in [0.15, 0.2) is 6.10 Å². The minimum Gasteiger partial charge on any atom is -0.452 e. The van der Waals surface area contributed by atoms with E-state index in [1.807, 2.05) is 4.72 Å². The molecule has 1 aliphatic heterocycles. The Bertz CT molecular complexity index is 780. The molecule has 136 valence electrons. The van der Waals surface area contributed by atoms with Crippen LogP contribution in [0.15, 0.2) is 29.2 Å². The monoisotopic (exact) mass is 373 g/mol. The van der Waals surface area contributed by atoms with Crippen LogP contribution in [0.1, 0.15) is 6.92 Å². The number of carbonyl (C=O) groups is 3. The van der Waals surface area contributed by atoms with Gasteiger partial charge in [-0.15, -0.1) is 0 Å². The largest absolute Gasteiger partial charge is 0.452 e. The highest BCUT2D eigenvalue weighted by molar-refractivity contribution is 7.89. The number of esters is 1. The van der Waals surface area contributed by atoms with Crippen molar-refractivity contribution < 1.29 is 31.9 Å². The summed E-state index contributed by atoms with van der Waals surface area (Å²) in [6.45, 7) is 1.03. The molecule has 0 aliphatic carbocycles. The molecule has 0 radical (unpaired) electrons. The van der Waals surface area contributed by atoms with Gasteiger partial charge in [-0.25, -0.2) is 17.6 Å². The van der Waals surface area contributed by atoms with Crippen LogP contribution in [0.5, 0.6) is 0 Å². The summed E-state index contributed by atoms with van der Waals surface area (Å²) < 4.78 is 43.5. The number of benzene rings is 1. The number of nitrogens with one attached hydrogen (secondary N) is 2. The number of amides is 3. The lowest BCUT2D eigenvalue weighted by molar-refractivity contribution is -0.156. The van der Waals surface area contributed by atoms with E-state index in [1.54, 1.807) is 0 Å². The predicted octanol–water partition coefficient (Wildman–Crippen LogP) is -0.412. The molecule has 2 N–H and O–H groups in total. The molecule has 0 spiro atoms. The van der Waals surface area contributed by atoms with Crippen molar-refractivity contribution in [2.45, 2.75) is 17.9 Å². The molecular formula is C14H16FN3O6S. The van der Waals surface area contributed by atoms with Gasteiger partial charge in [0.2, 0.25) is 10.0 Å². The second-order valence-corrected chi connectivity index (χ2v) is 6.90. The summed E-state index contributed by atoms with van der Waals surface area (Å²) in [7, 11) is -4.03. The van der Waals surface area contributed by atoms with E-state index in [0.717, 1.165) is 29.2 Å². The number of urea groups is 1. The van der Waals surface area contributed by atoms with Gasteiger partial charge in [0, 0.05) is 13.1 Å². The van der Waals surface area contributed by atoms with Crippen LogP contribution in [0.4, 0.5) is 9.18 Å². The Morgan fingerprint density at radius 1 is 1.36 bits per heavy atom. The summed E-state index contributed by atoms with van der Waals surface area (Å²) in [5.74, 6) is -2.30. The molecule has 1 atom stereocenters. The van der Waals surface area contributed by atoms with Crippen LogP contribution in [0.25, 0.3) is 0 Å². The number of carbonyl (C=O) groups excluding carboxylic acids is 3. The van der Waals surface area contributed by atoms with Crippen molar-refractivity contribution in [3.05, 3.63) is 30.1 Å². The average Bonchev–Trinajstić information content (AvgIpc) is 2.98. The molecule has 1 fully saturated rings. The fraction of sp³-hybridized carbons (Fsp3) is 0.357. The van der Waals surface area contributed by atoms with E-state index in [-0.39, 0.29) is 11.4 Å². The first-order chi connectivity index (χ1) is 11.7. The molecule has 1 aromatic rings. The van der Waals surface area contributed by atoms with Crippen LogP contribution in [0.3, 0.4) is 0 Å². The van der Waals surface area contributed by atoms with E-state index < -0.39 is 46.4 Å². The molecule has 25 heavy (non-hydrogen) atoms. The third kappa shape index (κ3) is 4.73. The molecule has 0 bridgehead atoms. The van der Waals surface area contributed by atoms with Gasteiger partial charge >= 0.3 is 12.0 Å². The quantitative estimate of drug-likeness (QED) is 0.654. The molecule has 1 aliphatic rings. The Hall–Kier alpha value is -2.53. The molecular weight excluding hydrogens is 357 g/mol. The van der Waals surface area contributed by atoms with Crippen LogP contribution >= 0.6 is 0 Å². The summed E-state index contributed by atoms with van der Waals surface area (Å²) in [6, 6.07) is 3.44. The van der Waals surface area contributed by atoms with Crippen molar-refractivity contribution in [3.63, 3.8) is 0 Å². The van der Waals surface area contributed by atoms with Crippen LogP contribution < -0.4 is 10.0 Å². The van der Waals surface area contributed by atoms with Gasteiger partial charge in [-0.2, -0.15) is 4.72 Å². The molecule has 1 aromatic carbocycles. The number of rotatable bonds is 6. The molecule has 2 rings (SSSR count). The lowest BCUT2D eigenvalue weighted by Gasteiger charge is -2.18. The lowest BCUT2D eigenvalue weighted by atomic mass is 10.3. The van der Waals surface area contributed by atoms with Gasteiger partial charge in [0.25, 0.3) is 5.91 Å². The molecule has 0 saturated carbocycles. The van der Waals surface area contributed by atoms with Crippen LogP contribution in [0, 0.1) is 5.82 Å². The molecule has 0 aromatic heterocycles. The number of imide groups is 1. The van der Waals surface area contributed by atoms with Gasteiger partial charge in [-0.3, -0.25) is 14.5 Å². The maximum Gasteiger partial charge on any atom is 0.324 e. The summed E-state index contributed by atoms with van der Waals surface area (Å²) in [4.78, 5) is 35.7. The van der Waals surface area contributed by atoms with Gasteiger partial charge in [0.05, 0.1) is 4.90 Å². The summed E-state index contributed by atoms with van der Waals surface area (Å²) in [5, 5.41) is 2.43. The van der Waals surface area contributed by atoms with Crippen LogP contribution in [-0.2, 0) is 24.3 Å². The first-order valence-electron chi connectivity index (χ1n) is 7.24. The topological polar surface area (TPSA) is 122 Å². The Balaban J connectivity index is 1.88. The summed E-state index contributed by atoms with van der Waals surface area (Å²) in [6.07, 6.45) is -1.24. The molecule has 11 heteroatoms. The normalized spacial score (nSPS) is 15.6. The Labute approximate surface area is 143 Å². The van der Waals surface area contributed by atoms with E-state index in [1.165, 1.54) is 6.92 Å². The van der Waals surface area contributed by atoms with E-state index >= 15 is 0 Å². The fourth-order valence-electron chi connectivity index (χ4n) is 2.04. The van der Waals surface area contributed by atoms with Gasteiger partial charge in [-0.1, -0.05) is 0 Å². The lowest BCUT2D eigenvalue weighted by Crippen LogP contribution is -2.43. The molecule has 3 amide bonds. The number of hydrogen-bond donors (Lipinski definition) is 2. The minimum absolute atomic E-state index is 0.163. The maximum atomic E-state index is 12.8. The van der Waals surface area contributed by atoms with E-state index in [0.29, 0.717) is 6.54 Å². The van der Waals surface area contributed by atoms with Crippen molar-refractivity contribution in [1.82, 2.24) is 14.9 Å². The van der Waals surface area contributed by atoms with E-state index in [2.05, 4.69) is 5.32 Å². The molecule has 1 heterocycles. The smallest absolute Gasteiger partial charge is 0.324 e. The van der Waals surface area contributed by atoms with Crippen LogP contribution in [0.2, 0.25) is 0 Å². The van der Waals surface area contributed by atoms with Crippen molar-refractivity contribution >= 4 is 27.9 Å². The summed E-state index contributed by atoms with van der Waals surface area (Å²) in [5.41, 5.74) is 0. The molecule has 0 unspecified atom stereocenters. The van der Waals surface area contributed by atoms with Crippen molar-refractivity contribution in [1.29, 1.82) is 0 Å². The zero-order valence-corrected chi connectivity index (χ0v) is 14.0. The molecule has 1 saturated heterocycles. The van der Waals surface area contributed by atoms with Crippen LogP contribution in [-0.4, -0.2) is 57.0 Å². The maximum absolute atomic E-state index is 12.8. The minimum atomic E-state index is -4.03. The van der Waals surface area contributed by atoms with Crippen molar-refractivity contribution in [3.8, 4) is 0 Å².